The van der Waals surface area contributed by atoms with Crippen LogP contribution in [0.4, 0.5) is 8.78 Å². The van der Waals surface area contributed by atoms with Crippen LogP contribution in [-0.4, -0.2) is 0 Å². The molecule has 0 spiro atoms. The normalized spacial score (nSPS) is 10.8. The first-order valence-electron chi connectivity index (χ1n) is 12.9. The van der Waals surface area contributed by atoms with Gasteiger partial charge in [-0.3, -0.25) is 0 Å². The number of rotatable bonds is 6. The molecule has 0 N–H and O–H groups in total. The van der Waals surface area contributed by atoms with E-state index in [-0.39, 0.29) is 5.56 Å². The summed E-state index contributed by atoms with van der Waals surface area (Å²) in [6.07, 6.45) is 0. The second-order valence-corrected chi connectivity index (χ2v) is 9.48. The van der Waals surface area contributed by atoms with Crippen LogP contribution in [0, 0.1) is 23.5 Å². The van der Waals surface area contributed by atoms with Crippen molar-refractivity contribution in [2.24, 2.45) is 0 Å². The molecule has 0 atom stereocenters. The minimum Gasteiger partial charge on any atom is -0.485 e. The van der Waals surface area contributed by atoms with E-state index in [4.69, 9.17) is 9.47 Å². The van der Waals surface area contributed by atoms with Gasteiger partial charge < -0.3 is 9.47 Å². The lowest BCUT2D eigenvalue weighted by atomic mass is 10.0. The first kappa shape index (κ1) is 25.2. The van der Waals surface area contributed by atoms with Crippen LogP contribution in [0.1, 0.15) is 22.3 Å². The SMILES string of the molecule is Fc1cc(F)cc(C#Cc2ccc3cc4ccc(OCc5ccccc5)c(OCc5ccccc5)c4cc3c2)c1. The van der Waals surface area contributed by atoms with Crippen LogP contribution in [0.3, 0.4) is 0 Å². The highest BCUT2D eigenvalue weighted by molar-refractivity contribution is 6.02. The predicted octanol–water partition coefficient (Wildman–Crippen LogP) is 8.83. The first-order valence-corrected chi connectivity index (χ1v) is 12.9. The number of hydrogen-bond acceptors (Lipinski definition) is 2. The molecule has 0 aliphatic rings. The largest absolute Gasteiger partial charge is 0.485 e. The molecule has 0 heterocycles. The summed E-state index contributed by atoms with van der Waals surface area (Å²) in [5, 5.41) is 3.96. The van der Waals surface area contributed by atoms with E-state index in [2.05, 4.69) is 24.0 Å². The summed E-state index contributed by atoms with van der Waals surface area (Å²) in [6, 6.07) is 37.4. The zero-order valence-corrected chi connectivity index (χ0v) is 21.5. The Labute approximate surface area is 231 Å². The van der Waals surface area contributed by atoms with Crippen LogP contribution in [0.5, 0.6) is 11.5 Å². The van der Waals surface area contributed by atoms with Gasteiger partial charge in [0.15, 0.2) is 11.5 Å². The van der Waals surface area contributed by atoms with Gasteiger partial charge in [-0.05, 0) is 69.8 Å². The van der Waals surface area contributed by atoms with Gasteiger partial charge in [-0.25, -0.2) is 8.78 Å². The van der Waals surface area contributed by atoms with Crippen molar-refractivity contribution in [2.75, 3.05) is 0 Å². The molecule has 0 saturated carbocycles. The van der Waals surface area contributed by atoms with Crippen LogP contribution in [0.25, 0.3) is 21.5 Å². The summed E-state index contributed by atoms with van der Waals surface area (Å²) < 4.78 is 39.8. The van der Waals surface area contributed by atoms with E-state index in [1.165, 1.54) is 12.1 Å². The zero-order valence-electron chi connectivity index (χ0n) is 21.5. The third-order valence-corrected chi connectivity index (χ3v) is 6.57. The smallest absolute Gasteiger partial charge is 0.169 e. The Bertz CT molecular complexity index is 1850. The van der Waals surface area contributed by atoms with Gasteiger partial charge in [0.1, 0.15) is 24.8 Å². The monoisotopic (exact) mass is 526 g/mol. The van der Waals surface area contributed by atoms with E-state index in [0.717, 1.165) is 44.3 Å². The molecule has 6 aromatic carbocycles. The Morgan fingerprint density at radius 3 is 1.82 bits per heavy atom. The molecular weight excluding hydrogens is 502 g/mol. The van der Waals surface area contributed by atoms with Gasteiger partial charge in [-0.2, -0.15) is 0 Å². The molecule has 0 bridgehead atoms. The molecule has 0 aliphatic carbocycles. The second-order valence-electron chi connectivity index (χ2n) is 9.48. The molecule has 6 rings (SSSR count). The molecule has 0 saturated heterocycles. The van der Waals surface area contributed by atoms with Crippen molar-refractivity contribution in [1.82, 2.24) is 0 Å². The average molecular weight is 527 g/mol. The van der Waals surface area contributed by atoms with E-state index in [1.54, 1.807) is 0 Å². The number of hydrogen-bond donors (Lipinski definition) is 0. The van der Waals surface area contributed by atoms with Gasteiger partial charge in [-0.15, -0.1) is 0 Å². The van der Waals surface area contributed by atoms with E-state index >= 15 is 0 Å². The van der Waals surface area contributed by atoms with Crippen LogP contribution >= 0.6 is 0 Å². The summed E-state index contributed by atoms with van der Waals surface area (Å²) in [5.41, 5.74) is 3.14. The van der Waals surface area contributed by atoms with Crippen LogP contribution < -0.4 is 9.47 Å². The second kappa shape index (κ2) is 11.3. The maximum absolute atomic E-state index is 13.6. The Hall–Kier alpha value is -5.14. The fourth-order valence-electron chi connectivity index (χ4n) is 4.60. The minimum absolute atomic E-state index is 0.285. The molecule has 4 heteroatoms. The van der Waals surface area contributed by atoms with E-state index in [0.29, 0.717) is 24.7 Å². The Morgan fingerprint density at radius 2 is 1.12 bits per heavy atom. The van der Waals surface area contributed by atoms with Gasteiger partial charge in [0.2, 0.25) is 0 Å². The Morgan fingerprint density at radius 1 is 0.500 bits per heavy atom. The van der Waals surface area contributed by atoms with Crippen molar-refractivity contribution in [3.63, 3.8) is 0 Å². The first-order chi connectivity index (χ1) is 19.6. The molecule has 0 aliphatic heterocycles. The van der Waals surface area contributed by atoms with E-state index < -0.39 is 11.6 Å². The minimum atomic E-state index is -0.650. The summed E-state index contributed by atoms with van der Waals surface area (Å²) in [5.74, 6) is 5.92. The summed E-state index contributed by atoms with van der Waals surface area (Å²) in [6.45, 7) is 0.817. The molecule has 0 amide bonds. The quantitative estimate of drug-likeness (QED) is 0.159. The molecular formula is C36H24F2O2. The van der Waals surface area contributed by atoms with E-state index in [1.807, 2.05) is 91.0 Å². The van der Waals surface area contributed by atoms with Gasteiger partial charge in [0.05, 0.1) is 0 Å². The van der Waals surface area contributed by atoms with Gasteiger partial charge in [0, 0.05) is 22.6 Å². The molecule has 6 aromatic rings. The number of fused-ring (bicyclic) bond motifs is 2. The van der Waals surface area contributed by atoms with Gasteiger partial charge >= 0.3 is 0 Å². The summed E-state index contributed by atoms with van der Waals surface area (Å²) >= 11 is 0. The molecule has 2 nitrogen and oxygen atoms in total. The highest BCUT2D eigenvalue weighted by Gasteiger charge is 2.13. The molecule has 40 heavy (non-hydrogen) atoms. The highest BCUT2D eigenvalue weighted by atomic mass is 19.1. The topological polar surface area (TPSA) is 18.5 Å². The van der Waals surface area contributed by atoms with Crippen molar-refractivity contribution in [3.8, 4) is 23.3 Å². The number of ether oxygens (including phenoxy) is 2. The third kappa shape index (κ3) is 5.80. The molecule has 0 radical (unpaired) electrons. The standard InChI is InChI=1S/C36H24F2O2/c37-32-18-28(19-33(38)22-32)12-11-25-13-14-29-20-30-15-16-35(39-23-26-7-3-1-4-8-26)36(34(30)21-31(29)17-25)40-24-27-9-5-2-6-10-27/h1-10,13-22H,23-24H2. The lowest BCUT2D eigenvalue weighted by Crippen LogP contribution is -2.01. The molecule has 194 valence electrons. The lowest BCUT2D eigenvalue weighted by Gasteiger charge is -2.16. The van der Waals surface area contributed by atoms with Crippen molar-refractivity contribution in [1.29, 1.82) is 0 Å². The van der Waals surface area contributed by atoms with E-state index in [9.17, 15) is 8.78 Å². The van der Waals surface area contributed by atoms with Crippen molar-refractivity contribution in [3.05, 3.63) is 155 Å². The van der Waals surface area contributed by atoms with Gasteiger partial charge in [0.25, 0.3) is 0 Å². The number of benzene rings is 6. The fourth-order valence-corrected chi connectivity index (χ4v) is 4.60. The lowest BCUT2D eigenvalue weighted by molar-refractivity contribution is 0.259. The molecule has 0 aromatic heterocycles. The zero-order chi connectivity index (χ0) is 27.3. The van der Waals surface area contributed by atoms with Crippen molar-refractivity contribution < 1.29 is 18.3 Å². The third-order valence-electron chi connectivity index (χ3n) is 6.57. The Kier molecular flexibility index (Phi) is 7.11. The van der Waals surface area contributed by atoms with Crippen LogP contribution in [-0.2, 0) is 13.2 Å². The van der Waals surface area contributed by atoms with Crippen LogP contribution in [0.2, 0.25) is 0 Å². The summed E-state index contributed by atoms with van der Waals surface area (Å²) in [4.78, 5) is 0. The summed E-state index contributed by atoms with van der Waals surface area (Å²) in [7, 11) is 0. The molecule has 0 fully saturated rings. The average Bonchev–Trinajstić information content (AvgIpc) is 2.97. The Balaban J connectivity index is 1.39. The maximum atomic E-state index is 13.6. The fraction of sp³-hybridized carbons (Fsp3) is 0.0556. The van der Waals surface area contributed by atoms with Crippen molar-refractivity contribution in [2.45, 2.75) is 13.2 Å². The van der Waals surface area contributed by atoms with Crippen molar-refractivity contribution >= 4 is 21.5 Å². The van der Waals surface area contributed by atoms with Crippen LogP contribution in [0.15, 0.2) is 121 Å². The maximum Gasteiger partial charge on any atom is 0.169 e. The highest BCUT2D eigenvalue weighted by Crippen LogP contribution is 2.39. The number of halogens is 2. The van der Waals surface area contributed by atoms with Gasteiger partial charge in [-0.1, -0.05) is 84.6 Å². The molecule has 0 unspecified atom stereocenters. The predicted molar refractivity (Wildman–Crippen MR) is 155 cm³/mol.